The Balaban J connectivity index is 2.51. The Labute approximate surface area is 105 Å². The molecule has 0 radical (unpaired) electrons. The number of benzene rings is 1. The van der Waals surface area contributed by atoms with E-state index in [0.717, 1.165) is 16.6 Å². The van der Waals surface area contributed by atoms with Crippen LogP contribution in [0.1, 0.15) is 5.56 Å². The molecule has 0 saturated carbocycles. The Morgan fingerprint density at radius 3 is 2.76 bits per heavy atom. The Bertz CT molecular complexity index is 711. The quantitative estimate of drug-likeness (QED) is 0.869. The summed E-state index contributed by atoms with van der Waals surface area (Å²) in [5, 5.41) is 0. The maximum absolute atomic E-state index is 11.2. The number of nitrogens with zero attached hydrogens (tertiary/aromatic N) is 1. The number of fused-ring (bicyclic) bond motifs is 1. The summed E-state index contributed by atoms with van der Waals surface area (Å²) < 4.78 is 24.8. The van der Waals surface area contributed by atoms with E-state index in [1.807, 2.05) is 29.7 Å². The topological polar surface area (TPSA) is 54.9 Å². The highest BCUT2D eigenvalue weighted by atomic mass is 32.2. The van der Waals surface area contributed by atoms with Crippen LogP contribution in [0.15, 0.2) is 18.2 Å². The minimum Gasteiger partial charge on any atom is -0.330 e. The van der Waals surface area contributed by atoms with Crippen molar-refractivity contribution in [1.82, 2.24) is 9.55 Å². The van der Waals surface area contributed by atoms with Gasteiger partial charge in [-0.15, -0.1) is 0 Å². The largest absolute Gasteiger partial charge is 0.330 e. The highest BCUT2D eigenvalue weighted by Gasteiger charge is 2.08. The highest BCUT2D eigenvalue weighted by molar-refractivity contribution is 7.90. The number of H-pyrrole nitrogens is 1. The van der Waals surface area contributed by atoms with E-state index in [1.54, 1.807) is 0 Å². The van der Waals surface area contributed by atoms with Crippen molar-refractivity contribution < 1.29 is 8.42 Å². The Morgan fingerprint density at radius 1 is 1.41 bits per heavy atom. The summed E-state index contributed by atoms with van der Waals surface area (Å²) >= 11 is 5.21. The van der Waals surface area contributed by atoms with Crippen molar-refractivity contribution >= 4 is 33.1 Å². The number of hydrogen-bond donors (Lipinski definition) is 1. The smallest absolute Gasteiger partial charge is 0.178 e. The first kappa shape index (κ1) is 12.3. The molecule has 0 spiro atoms. The molecule has 1 aromatic heterocycles. The number of nitrogens with one attached hydrogen (secondary N) is 1. The van der Waals surface area contributed by atoms with E-state index < -0.39 is 9.84 Å². The molecule has 17 heavy (non-hydrogen) atoms. The fourth-order valence-corrected chi connectivity index (χ4v) is 2.61. The normalized spacial score (nSPS) is 12.1. The first-order chi connectivity index (χ1) is 7.88. The molecule has 6 heteroatoms. The van der Waals surface area contributed by atoms with Crippen LogP contribution in [0.5, 0.6) is 0 Å². The first-order valence-corrected chi connectivity index (χ1v) is 7.71. The third-order valence-electron chi connectivity index (χ3n) is 2.70. The van der Waals surface area contributed by atoms with Gasteiger partial charge in [0.1, 0.15) is 9.84 Å². The molecule has 0 fully saturated rings. The molecular weight excluding hydrogens is 256 g/mol. The average Bonchev–Trinajstić information content (AvgIpc) is 2.52. The zero-order chi connectivity index (χ0) is 12.6. The molecule has 0 amide bonds. The Morgan fingerprint density at radius 2 is 2.12 bits per heavy atom. The van der Waals surface area contributed by atoms with Crippen LogP contribution in [0, 0.1) is 11.7 Å². The summed E-state index contributed by atoms with van der Waals surface area (Å²) in [6, 6.07) is 5.88. The van der Waals surface area contributed by atoms with Crippen molar-refractivity contribution in [3.8, 4) is 0 Å². The van der Waals surface area contributed by atoms with Crippen molar-refractivity contribution in [3.05, 3.63) is 28.5 Å². The minimum atomic E-state index is -2.98. The fraction of sp³-hybridized carbons (Fsp3) is 0.364. The van der Waals surface area contributed by atoms with Gasteiger partial charge in [0, 0.05) is 12.8 Å². The van der Waals surface area contributed by atoms with Crippen LogP contribution >= 0.6 is 12.2 Å². The van der Waals surface area contributed by atoms with Gasteiger partial charge in [0.2, 0.25) is 0 Å². The summed E-state index contributed by atoms with van der Waals surface area (Å²) in [6.07, 6.45) is 1.23. The van der Waals surface area contributed by atoms with Crippen LogP contribution in [0.2, 0.25) is 0 Å². The lowest BCUT2D eigenvalue weighted by molar-refractivity contribution is 0.595. The molecule has 1 aromatic carbocycles. The van der Waals surface area contributed by atoms with Crippen LogP contribution in [0.25, 0.3) is 11.0 Å². The molecule has 0 unspecified atom stereocenters. The van der Waals surface area contributed by atoms with Gasteiger partial charge in [0.15, 0.2) is 4.77 Å². The summed E-state index contributed by atoms with van der Waals surface area (Å²) in [7, 11) is -2.98. The van der Waals surface area contributed by atoms with E-state index in [9.17, 15) is 8.42 Å². The Kier molecular flexibility index (Phi) is 3.09. The lowest BCUT2D eigenvalue weighted by Crippen LogP contribution is -2.11. The van der Waals surface area contributed by atoms with Crippen LogP contribution in [0.3, 0.4) is 0 Å². The van der Waals surface area contributed by atoms with Gasteiger partial charge < -0.3 is 9.55 Å². The van der Waals surface area contributed by atoms with Crippen LogP contribution < -0.4 is 0 Å². The van der Waals surface area contributed by atoms with Crippen LogP contribution in [-0.2, 0) is 16.4 Å². The number of hydrogen-bond acceptors (Lipinski definition) is 3. The molecule has 1 heterocycles. The zero-order valence-corrected chi connectivity index (χ0v) is 11.4. The van der Waals surface area contributed by atoms with Crippen molar-refractivity contribution in [2.75, 3.05) is 12.0 Å². The maximum atomic E-state index is 11.2. The van der Waals surface area contributed by atoms with Gasteiger partial charge in [-0.25, -0.2) is 8.42 Å². The zero-order valence-electron chi connectivity index (χ0n) is 9.73. The molecule has 92 valence electrons. The van der Waals surface area contributed by atoms with Gasteiger partial charge >= 0.3 is 0 Å². The third-order valence-corrected chi connectivity index (χ3v) is 3.95. The summed E-state index contributed by atoms with van der Waals surface area (Å²) in [4.78, 5) is 3.11. The van der Waals surface area contributed by atoms with Gasteiger partial charge in [-0.1, -0.05) is 12.1 Å². The second-order valence-corrected chi connectivity index (χ2v) is 6.83. The van der Waals surface area contributed by atoms with Gasteiger partial charge in [0.05, 0.1) is 16.8 Å². The maximum Gasteiger partial charge on any atom is 0.178 e. The van der Waals surface area contributed by atoms with Gasteiger partial charge in [-0.3, -0.25) is 0 Å². The molecule has 0 atom stereocenters. The van der Waals surface area contributed by atoms with E-state index >= 15 is 0 Å². The molecule has 0 aliphatic heterocycles. The van der Waals surface area contributed by atoms with E-state index in [1.165, 1.54) is 6.26 Å². The van der Waals surface area contributed by atoms with Crippen molar-refractivity contribution in [3.63, 3.8) is 0 Å². The minimum absolute atomic E-state index is 0.0994. The van der Waals surface area contributed by atoms with Crippen LogP contribution in [0.4, 0.5) is 0 Å². The fourth-order valence-electron chi connectivity index (χ4n) is 1.80. The van der Waals surface area contributed by atoms with E-state index in [2.05, 4.69) is 4.98 Å². The average molecular weight is 270 g/mol. The van der Waals surface area contributed by atoms with E-state index in [-0.39, 0.29) is 5.75 Å². The van der Waals surface area contributed by atoms with E-state index in [4.69, 9.17) is 12.2 Å². The lowest BCUT2D eigenvalue weighted by Gasteiger charge is -2.03. The monoisotopic (exact) mass is 270 g/mol. The molecule has 0 bridgehead atoms. The molecule has 2 aromatic rings. The van der Waals surface area contributed by atoms with Crippen molar-refractivity contribution in [1.29, 1.82) is 0 Å². The predicted octanol–water partition coefficient (Wildman–Crippen LogP) is 2.05. The number of aromatic amines is 1. The Hall–Kier alpha value is -1.14. The standard InChI is InChI=1S/C11H14N2O2S2/c1-8-4-3-5-9-10(8)12-11(16)13(9)6-7-17(2,14)15/h3-5H,6-7H2,1-2H3,(H,12,16). The molecule has 0 aliphatic rings. The SMILES string of the molecule is Cc1cccc2c1[nH]c(=S)n2CCS(C)(=O)=O. The molecule has 4 nitrogen and oxygen atoms in total. The van der Waals surface area contributed by atoms with Crippen molar-refractivity contribution in [2.24, 2.45) is 0 Å². The predicted molar refractivity (Wildman–Crippen MR) is 71.6 cm³/mol. The summed E-state index contributed by atoms with van der Waals surface area (Å²) in [6.45, 7) is 2.38. The number of sulfone groups is 1. The number of rotatable bonds is 3. The number of aryl methyl sites for hydroxylation is 2. The van der Waals surface area contributed by atoms with Crippen LogP contribution in [-0.4, -0.2) is 30.0 Å². The molecule has 0 aliphatic carbocycles. The van der Waals surface area contributed by atoms with Gasteiger partial charge in [0.25, 0.3) is 0 Å². The first-order valence-electron chi connectivity index (χ1n) is 5.24. The third kappa shape index (κ3) is 2.58. The number of para-hydroxylation sites is 1. The van der Waals surface area contributed by atoms with Gasteiger partial charge in [-0.2, -0.15) is 0 Å². The second kappa shape index (κ2) is 4.27. The second-order valence-electron chi connectivity index (χ2n) is 4.18. The molecule has 2 rings (SSSR count). The number of imidazole rings is 1. The molecular formula is C11H14N2O2S2. The van der Waals surface area contributed by atoms with Gasteiger partial charge in [-0.05, 0) is 30.8 Å². The number of aromatic nitrogens is 2. The molecule has 1 N–H and O–H groups in total. The van der Waals surface area contributed by atoms with Crippen molar-refractivity contribution in [2.45, 2.75) is 13.5 Å². The van der Waals surface area contributed by atoms with E-state index in [0.29, 0.717) is 11.3 Å². The highest BCUT2D eigenvalue weighted by Crippen LogP contribution is 2.17. The summed E-state index contributed by atoms with van der Waals surface area (Å²) in [5.74, 6) is 0.0994. The summed E-state index contributed by atoms with van der Waals surface area (Å²) in [5.41, 5.74) is 3.04. The lowest BCUT2D eigenvalue weighted by atomic mass is 10.2. The molecule has 0 saturated heterocycles.